The summed E-state index contributed by atoms with van der Waals surface area (Å²) in [5.74, 6) is -0.974. The molecule has 6 nitrogen and oxygen atoms in total. The van der Waals surface area contributed by atoms with Crippen LogP contribution in [0.4, 0.5) is 0 Å². The highest BCUT2D eigenvalue weighted by atomic mass is 16.6. The van der Waals surface area contributed by atoms with Crippen molar-refractivity contribution in [1.29, 1.82) is 0 Å². The molecule has 66 heavy (non-hydrogen) atoms. The van der Waals surface area contributed by atoms with Gasteiger partial charge in [-0.25, -0.2) is 0 Å². The molecule has 1 unspecified atom stereocenters. The van der Waals surface area contributed by atoms with Crippen molar-refractivity contribution < 1.29 is 28.6 Å². The van der Waals surface area contributed by atoms with Crippen molar-refractivity contribution in [3.8, 4) is 0 Å². The third-order valence-electron chi connectivity index (χ3n) is 12.0. The van der Waals surface area contributed by atoms with Crippen molar-refractivity contribution in [3.05, 3.63) is 72.9 Å². The summed E-state index contributed by atoms with van der Waals surface area (Å²) in [6.45, 7) is 6.48. The largest absolute Gasteiger partial charge is 0.462 e. The molecule has 0 heterocycles. The molecule has 1 atom stereocenters. The van der Waals surface area contributed by atoms with E-state index in [1.165, 1.54) is 148 Å². The van der Waals surface area contributed by atoms with E-state index in [0.717, 1.165) is 77.0 Å². The lowest BCUT2D eigenvalue weighted by Gasteiger charge is -2.18. The Morgan fingerprint density at radius 2 is 0.591 bits per heavy atom. The Labute approximate surface area is 408 Å². The predicted molar refractivity (Wildman–Crippen MR) is 284 cm³/mol. The number of esters is 3. The Morgan fingerprint density at radius 3 is 0.924 bits per heavy atom. The number of carbonyl (C=O) groups is 3. The minimum Gasteiger partial charge on any atom is -0.462 e. The van der Waals surface area contributed by atoms with Crippen LogP contribution in [0.15, 0.2) is 72.9 Å². The van der Waals surface area contributed by atoms with Crippen LogP contribution in [-0.2, 0) is 28.6 Å². The van der Waals surface area contributed by atoms with E-state index < -0.39 is 6.10 Å². The van der Waals surface area contributed by atoms with E-state index in [-0.39, 0.29) is 37.5 Å². The van der Waals surface area contributed by atoms with Gasteiger partial charge in [0.2, 0.25) is 0 Å². The van der Waals surface area contributed by atoms with Crippen LogP contribution in [-0.4, -0.2) is 37.2 Å². The van der Waals surface area contributed by atoms with E-state index >= 15 is 0 Å². The molecular formula is C60H104O6. The number of ether oxygens (including phenoxy) is 3. The molecule has 0 aliphatic carbocycles. The average molecular weight is 921 g/mol. The van der Waals surface area contributed by atoms with Gasteiger partial charge in [0.05, 0.1) is 0 Å². The van der Waals surface area contributed by atoms with Crippen molar-refractivity contribution in [1.82, 2.24) is 0 Å². The summed E-state index contributed by atoms with van der Waals surface area (Å²) in [7, 11) is 0. The second-order valence-corrected chi connectivity index (χ2v) is 18.5. The smallest absolute Gasteiger partial charge is 0.306 e. The first-order valence-electron chi connectivity index (χ1n) is 27.9. The molecule has 0 aliphatic rings. The molecule has 0 saturated carbocycles. The van der Waals surface area contributed by atoms with Crippen LogP contribution in [0, 0.1) is 0 Å². The summed E-state index contributed by atoms with van der Waals surface area (Å²) in [5.41, 5.74) is 0. The lowest BCUT2D eigenvalue weighted by Crippen LogP contribution is -2.30. The summed E-state index contributed by atoms with van der Waals surface area (Å²) in [6.07, 6.45) is 69.0. The molecular weight excluding hydrogens is 817 g/mol. The van der Waals surface area contributed by atoms with Crippen molar-refractivity contribution in [2.45, 2.75) is 277 Å². The molecule has 0 aromatic carbocycles. The SMILES string of the molecule is CC/C=C\C/C=C\C/C=C\C/C=C\C/C=C\C/C=C\CCC(=O)OCC(COC(=O)CCCCCCCCCCCCC)OC(=O)CCCCCCCCCCCCCCCCCCCC. The van der Waals surface area contributed by atoms with E-state index in [1.54, 1.807) is 0 Å². The number of unbranched alkanes of at least 4 members (excludes halogenated alkanes) is 27. The molecule has 0 saturated heterocycles. The van der Waals surface area contributed by atoms with Gasteiger partial charge in [0, 0.05) is 19.3 Å². The third-order valence-corrected chi connectivity index (χ3v) is 12.0. The first-order chi connectivity index (χ1) is 32.5. The van der Waals surface area contributed by atoms with Gasteiger partial charge < -0.3 is 14.2 Å². The van der Waals surface area contributed by atoms with Crippen molar-refractivity contribution >= 4 is 17.9 Å². The highest BCUT2D eigenvalue weighted by Crippen LogP contribution is 2.16. The third kappa shape index (κ3) is 51.8. The van der Waals surface area contributed by atoms with Crippen molar-refractivity contribution in [2.75, 3.05) is 13.2 Å². The molecule has 0 aromatic heterocycles. The highest BCUT2D eigenvalue weighted by Gasteiger charge is 2.19. The minimum atomic E-state index is -0.802. The van der Waals surface area contributed by atoms with Gasteiger partial charge in [0.1, 0.15) is 13.2 Å². The van der Waals surface area contributed by atoms with Crippen LogP contribution in [0.1, 0.15) is 271 Å². The van der Waals surface area contributed by atoms with E-state index in [4.69, 9.17) is 14.2 Å². The molecule has 0 amide bonds. The summed E-state index contributed by atoms with van der Waals surface area (Å²) < 4.78 is 16.8. The molecule has 0 aromatic rings. The Hall–Kier alpha value is -3.15. The number of hydrogen-bond acceptors (Lipinski definition) is 6. The predicted octanol–water partition coefficient (Wildman–Crippen LogP) is 18.6. The molecule has 0 rings (SSSR count). The summed E-state index contributed by atoms with van der Waals surface area (Å²) in [4.78, 5) is 38.0. The fourth-order valence-electron chi connectivity index (χ4n) is 7.82. The van der Waals surface area contributed by atoms with Gasteiger partial charge in [-0.15, -0.1) is 0 Å². The molecule has 0 aliphatic heterocycles. The topological polar surface area (TPSA) is 78.9 Å². The molecule has 0 spiro atoms. The zero-order valence-corrected chi connectivity index (χ0v) is 43.4. The van der Waals surface area contributed by atoms with Gasteiger partial charge >= 0.3 is 17.9 Å². The van der Waals surface area contributed by atoms with Gasteiger partial charge in [-0.1, -0.05) is 267 Å². The highest BCUT2D eigenvalue weighted by molar-refractivity contribution is 5.71. The summed E-state index contributed by atoms with van der Waals surface area (Å²) in [5, 5.41) is 0. The van der Waals surface area contributed by atoms with Gasteiger partial charge in [-0.2, -0.15) is 0 Å². The maximum absolute atomic E-state index is 12.8. The Morgan fingerprint density at radius 1 is 0.318 bits per heavy atom. The van der Waals surface area contributed by atoms with Crippen LogP contribution in [0.2, 0.25) is 0 Å². The van der Waals surface area contributed by atoms with Crippen LogP contribution in [0.25, 0.3) is 0 Å². The lowest BCUT2D eigenvalue weighted by atomic mass is 10.0. The fourth-order valence-corrected chi connectivity index (χ4v) is 7.82. The van der Waals surface area contributed by atoms with Gasteiger partial charge in [0.25, 0.3) is 0 Å². The molecule has 0 fully saturated rings. The second-order valence-electron chi connectivity index (χ2n) is 18.5. The monoisotopic (exact) mass is 921 g/mol. The van der Waals surface area contributed by atoms with Gasteiger partial charge in [-0.05, 0) is 57.8 Å². The van der Waals surface area contributed by atoms with E-state index in [9.17, 15) is 14.4 Å². The summed E-state index contributed by atoms with van der Waals surface area (Å²) in [6, 6.07) is 0. The zero-order valence-electron chi connectivity index (χ0n) is 43.4. The van der Waals surface area contributed by atoms with E-state index in [2.05, 4.69) is 87.6 Å². The minimum absolute atomic E-state index is 0.0951. The van der Waals surface area contributed by atoms with Crippen LogP contribution in [0.3, 0.4) is 0 Å². The molecule has 0 radical (unpaired) electrons. The molecule has 380 valence electrons. The van der Waals surface area contributed by atoms with Gasteiger partial charge in [0.15, 0.2) is 6.10 Å². The normalized spacial score (nSPS) is 12.6. The average Bonchev–Trinajstić information content (AvgIpc) is 3.31. The molecule has 0 bridgehead atoms. The fraction of sp³-hybridized carbons (Fsp3) is 0.750. The van der Waals surface area contributed by atoms with Gasteiger partial charge in [-0.3, -0.25) is 14.4 Å². The number of allylic oxidation sites excluding steroid dienone is 12. The number of carbonyl (C=O) groups excluding carboxylic acids is 3. The van der Waals surface area contributed by atoms with Crippen LogP contribution >= 0.6 is 0 Å². The van der Waals surface area contributed by atoms with Crippen LogP contribution < -0.4 is 0 Å². The number of hydrogen-bond donors (Lipinski definition) is 0. The van der Waals surface area contributed by atoms with Crippen LogP contribution in [0.5, 0.6) is 0 Å². The summed E-state index contributed by atoms with van der Waals surface area (Å²) >= 11 is 0. The molecule has 6 heteroatoms. The Balaban J connectivity index is 4.43. The Kier molecular flexibility index (Phi) is 51.9. The first-order valence-corrected chi connectivity index (χ1v) is 27.9. The quantitative estimate of drug-likeness (QED) is 0.0262. The lowest BCUT2D eigenvalue weighted by molar-refractivity contribution is -0.166. The van der Waals surface area contributed by atoms with E-state index in [0.29, 0.717) is 19.3 Å². The maximum Gasteiger partial charge on any atom is 0.306 e. The standard InChI is InChI=1S/C60H104O6/c1-4-7-10-13-16-19-22-24-26-28-30-32-33-35-38-41-44-47-50-53-59(62)65-56-57(55-64-58(61)52-49-46-43-40-37-21-18-15-12-9-6-3)66-60(63)54-51-48-45-42-39-36-34-31-29-27-25-23-20-17-14-11-8-5-2/h7,10,16,19,24,26,30,32,35,38,44,47,57H,4-6,8-9,11-15,17-18,20-23,25,27-29,31,33-34,36-37,39-43,45-46,48-56H2,1-3H3/b10-7-,19-16-,26-24-,32-30-,38-35-,47-44-. The number of rotatable bonds is 50. The first kappa shape index (κ1) is 62.8. The Bertz CT molecular complexity index is 1240. The van der Waals surface area contributed by atoms with Crippen molar-refractivity contribution in [3.63, 3.8) is 0 Å². The maximum atomic E-state index is 12.8. The van der Waals surface area contributed by atoms with E-state index in [1.807, 2.05) is 6.08 Å². The van der Waals surface area contributed by atoms with Crippen molar-refractivity contribution in [2.24, 2.45) is 0 Å². The zero-order chi connectivity index (χ0) is 47.9. The molecule has 0 N–H and O–H groups in total. The second kappa shape index (κ2) is 54.5.